The zero-order chi connectivity index (χ0) is 29.5. The van der Waals surface area contributed by atoms with E-state index in [0.717, 1.165) is 45.2 Å². The monoisotopic (exact) mass is 596 g/mol. The molecule has 0 spiro atoms. The summed E-state index contributed by atoms with van der Waals surface area (Å²) in [6.07, 6.45) is 17.0. The van der Waals surface area contributed by atoms with Gasteiger partial charge >= 0.3 is 0 Å². The molecule has 3 aliphatic heterocycles. The Morgan fingerprint density at radius 1 is 1.12 bits per heavy atom. The highest BCUT2D eigenvalue weighted by atomic mass is 19.1. The number of imidazole rings is 1. The summed E-state index contributed by atoms with van der Waals surface area (Å²) in [5, 5.41) is 6.56. The van der Waals surface area contributed by atoms with E-state index >= 15 is 4.39 Å². The molecule has 43 heavy (non-hydrogen) atoms. The highest BCUT2D eigenvalue weighted by Crippen LogP contribution is 2.50. The molecule has 1 amide bonds. The molecule has 3 saturated carbocycles. The highest BCUT2D eigenvalue weighted by Gasteiger charge is 2.59. The van der Waals surface area contributed by atoms with Crippen LogP contribution in [0.4, 0.5) is 4.39 Å². The number of nitrogens with one attached hydrogen (secondary N) is 2. The maximum Gasteiger partial charge on any atom is 0.256 e. The Morgan fingerprint density at radius 3 is 2.72 bits per heavy atom. The molecule has 10 heteroatoms. The van der Waals surface area contributed by atoms with E-state index in [1.165, 1.54) is 32.1 Å². The molecule has 4 heterocycles. The first-order valence-electron chi connectivity index (χ1n) is 17.0. The number of halogens is 1. The largest absolute Gasteiger partial charge is 0.369 e. The molecule has 3 aliphatic carbocycles. The van der Waals surface area contributed by atoms with Crippen molar-refractivity contribution in [1.82, 2.24) is 30.0 Å². The van der Waals surface area contributed by atoms with Crippen molar-refractivity contribution in [3.05, 3.63) is 30.5 Å². The molecule has 236 valence electrons. The van der Waals surface area contributed by atoms with Crippen molar-refractivity contribution < 1.29 is 18.7 Å². The Balaban J connectivity index is 1.11. The van der Waals surface area contributed by atoms with Crippen LogP contribution in [0.25, 0.3) is 0 Å². The van der Waals surface area contributed by atoms with Gasteiger partial charge in [-0.05, 0) is 76.9 Å². The zero-order valence-electron chi connectivity index (χ0n) is 25.6. The van der Waals surface area contributed by atoms with Crippen LogP contribution in [-0.4, -0.2) is 100 Å². The van der Waals surface area contributed by atoms with Gasteiger partial charge in [0.15, 0.2) is 5.78 Å². The number of hydrogen-bond donors (Lipinski definition) is 2. The van der Waals surface area contributed by atoms with Gasteiger partial charge in [-0.2, -0.15) is 0 Å². The fraction of sp³-hybridized carbons (Fsp3) is 0.788. The minimum absolute atomic E-state index is 0.00605. The third-order valence-electron chi connectivity index (χ3n) is 11.7. The maximum atomic E-state index is 16.1. The van der Waals surface area contributed by atoms with Crippen LogP contribution >= 0.6 is 0 Å². The quantitative estimate of drug-likeness (QED) is 0.335. The maximum absolute atomic E-state index is 16.1. The fourth-order valence-corrected chi connectivity index (χ4v) is 9.44. The molecule has 10 unspecified atom stereocenters. The van der Waals surface area contributed by atoms with E-state index in [4.69, 9.17) is 4.74 Å². The number of carbonyl (C=O) groups excluding carboxylic acids is 2. The number of amides is 1. The summed E-state index contributed by atoms with van der Waals surface area (Å²) in [5.74, 6) is 0.234. The molecular weight excluding hydrogens is 547 g/mol. The molecule has 6 aliphatic rings. The van der Waals surface area contributed by atoms with Crippen LogP contribution in [0.15, 0.2) is 30.5 Å². The van der Waals surface area contributed by atoms with E-state index in [0.29, 0.717) is 31.0 Å². The Hall–Kier alpha value is -2.30. The third-order valence-corrected chi connectivity index (χ3v) is 11.7. The van der Waals surface area contributed by atoms with Crippen LogP contribution in [0.5, 0.6) is 0 Å². The van der Waals surface area contributed by atoms with Crippen LogP contribution in [0.1, 0.15) is 70.6 Å². The number of rotatable bonds is 9. The van der Waals surface area contributed by atoms with Gasteiger partial charge in [-0.1, -0.05) is 25.7 Å². The van der Waals surface area contributed by atoms with Gasteiger partial charge in [0.05, 0.1) is 42.2 Å². The van der Waals surface area contributed by atoms with Crippen LogP contribution < -0.4 is 10.6 Å². The van der Waals surface area contributed by atoms with Crippen molar-refractivity contribution in [2.24, 2.45) is 17.8 Å². The summed E-state index contributed by atoms with van der Waals surface area (Å²) in [4.78, 5) is 36.2. The van der Waals surface area contributed by atoms with Crippen molar-refractivity contribution in [1.29, 1.82) is 0 Å². The second-order valence-electron chi connectivity index (χ2n) is 14.1. The number of fused-ring (bicyclic) bond motifs is 3. The molecule has 0 radical (unpaired) electrons. The average Bonchev–Trinajstić information content (AvgIpc) is 3.68. The topological polar surface area (TPSA) is 91.7 Å². The summed E-state index contributed by atoms with van der Waals surface area (Å²) in [5.41, 5.74) is 0.213. The lowest BCUT2D eigenvalue weighted by Crippen LogP contribution is -2.73. The van der Waals surface area contributed by atoms with Crippen LogP contribution in [0, 0.1) is 17.8 Å². The molecule has 9 nitrogen and oxygen atoms in total. The first-order valence-corrected chi connectivity index (χ1v) is 17.0. The molecule has 0 bridgehead atoms. The minimum Gasteiger partial charge on any atom is -0.369 e. The van der Waals surface area contributed by atoms with Gasteiger partial charge < -0.3 is 29.7 Å². The molecule has 2 saturated heterocycles. The SMILES string of the molecule is CN1CCCC1CCNC(=O)C1=CN2C3CC4CCCCC4CC3OC3C(NCCCn4ccnc4)C(F)CC(C1=O)C32. The number of ether oxygens (including phenoxy) is 1. The van der Waals surface area contributed by atoms with E-state index in [1.807, 2.05) is 17.0 Å². The first-order chi connectivity index (χ1) is 21.0. The van der Waals surface area contributed by atoms with Gasteiger partial charge in [0.2, 0.25) is 0 Å². The van der Waals surface area contributed by atoms with Crippen molar-refractivity contribution in [2.75, 3.05) is 26.7 Å². The molecular formula is C33H49FN6O3. The van der Waals surface area contributed by atoms with Gasteiger partial charge in [-0.15, -0.1) is 0 Å². The minimum atomic E-state index is -1.21. The zero-order valence-corrected chi connectivity index (χ0v) is 25.6. The molecule has 2 N–H and O–H groups in total. The Morgan fingerprint density at radius 2 is 1.95 bits per heavy atom. The number of aromatic nitrogens is 2. The molecule has 0 aromatic carbocycles. The van der Waals surface area contributed by atoms with E-state index < -0.39 is 24.2 Å². The lowest BCUT2D eigenvalue weighted by molar-refractivity contribution is -0.208. The number of morpholine rings is 1. The van der Waals surface area contributed by atoms with Crippen LogP contribution in [-0.2, 0) is 20.9 Å². The van der Waals surface area contributed by atoms with E-state index in [2.05, 4.69) is 32.5 Å². The summed E-state index contributed by atoms with van der Waals surface area (Å²) in [6.45, 7) is 3.11. The smallest absolute Gasteiger partial charge is 0.256 e. The third kappa shape index (κ3) is 5.79. The number of carbonyl (C=O) groups is 2. The predicted molar refractivity (Wildman–Crippen MR) is 161 cm³/mol. The van der Waals surface area contributed by atoms with E-state index in [9.17, 15) is 9.59 Å². The number of Topliss-reactive ketones (excluding diaryl/α,β-unsaturated/α-hetero) is 1. The number of likely N-dealkylation sites (tertiary alicyclic amines) is 1. The van der Waals surface area contributed by atoms with E-state index in [-0.39, 0.29) is 41.9 Å². The Labute approximate surface area is 255 Å². The van der Waals surface area contributed by atoms with Gasteiger partial charge in [-0.3, -0.25) is 9.59 Å². The lowest BCUT2D eigenvalue weighted by atomic mass is 9.65. The van der Waals surface area contributed by atoms with E-state index in [1.54, 1.807) is 12.5 Å². The normalized spacial score (nSPS) is 39.1. The standard InChI is InChI=1S/C33H49FN6O3/c1-38-13-4-8-23(38)9-11-37-33(42)25-19-40-27-16-21-6-2-3-7-22(21)17-28(27)43-32-29(26(34)18-24(30(32)40)31(25)41)36-10-5-14-39-15-12-35-20-39/h12,15,19-24,26-30,32,36H,2-11,13-14,16-18H2,1H3,(H,37,42). The van der Waals surface area contributed by atoms with Crippen molar-refractivity contribution in [3.63, 3.8) is 0 Å². The molecule has 5 fully saturated rings. The van der Waals surface area contributed by atoms with Gasteiger partial charge in [0.25, 0.3) is 5.91 Å². The molecule has 1 aromatic heterocycles. The number of ketones is 1. The first kappa shape index (κ1) is 29.4. The van der Waals surface area contributed by atoms with Crippen molar-refractivity contribution in [3.8, 4) is 0 Å². The van der Waals surface area contributed by atoms with Gasteiger partial charge in [0.1, 0.15) is 6.17 Å². The summed E-state index contributed by atoms with van der Waals surface area (Å²) in [7, 11) is 2.14. The lowest BCUT2D eigenvalue weighted by Gasteiger charge is -2.61. The molecule has 1 aromatic rings. The van der Waals surface area contributed by atoms with Crippen molar-refractivity contribution in [2.45, 2.75) is 120 Å². The van der Waals surface area contributed by atoms with Crippen LogP contribution in [0.2, 0.25) is 0 Å². The van der Waals surface area contributed by atoms with Crippen molar-refractivity contribution >= 4 is 11.7 Å². The fourth-order valence-electron chi connectivity index (χ4n) is 9.44. The Bertz CT molecular complexity index is 1180. The predicted octanol–water partition coefficient (Wildman–Crippen LogP) is 3.06. The van der Waals surface area contributed by atoms with Crippen LogP contribution in [0.3, 0.4) is 0 Å². The molecule has 7 rings (SSSR count). The second kappa shape index (κ2) is 12.6. The second-order valence-corrected chi connectivity index (χ2v) is 14.1. The summed E-state index contributed by atoms with van der Waals surface area (Å²) >= 11 is 0. The number of nitrogens with zero attached hydrogens (tertiary/aromatic N) is 4. The number of aryl methyl sites for hydroxylation is 1. The highest BCUT2D eigenvalue weighted by molar-refractivity contribution is 6.20. The summed E-state index contributed by atoms with van der Waals surface area (Å²) in [6, 6.07) is -0.112. The molecule has 10 atom stereocenters. The van der Waals surface area contributed by atoms with Gasteiger partial charge in [0, 0.05) is 43.6 Å². The Kier molecular flexibility index (Phi) is 8.62. The average molecular weight is 597 g/mol. The number of alkyl halides is 1. The number of hydrogen-bond acceptors (Lipinski definition) is 7. The summed E-state index contributed by atoms with van der Waals surface area (Å²) < 4.78 is 25.0. The van der Waals surface area contributed by atoms with Gasteiger partial charge in [-0.25, -0.2) is 9.37 Å².